The second-order valence-electron chi connectivity index (χ2n) is 5.14. The van der Waals surface area contributed by atoms with Crippen LogP contribution in [0.4, 0.5) is 4.39 Å². The molecule has 2 rings (SSSR count). The number of carbonyl (C=O) groups is 1. The standard InChI is InChI=1S/C17H20FN3O/c1-13-10-15(2-3-16(13)18)11-20-9-6-17(22)21-12-14-4-7-19-8-5-14/h2-5,7-8,10,20H,6,9,11-12H2,1H3,(H,21,22). The molecule has 4 nitrogen and oxygen atoms in total. The van der Waals surface area contributed by atoms with Crippen LogP contribution in [0.5, 0.6) is 0 Å². The van der Waals surface area contributed by atoms with E-state index >= 15 is 0 Å². The monoisotopic (exact) mass is 301 g/mol. The molecule has 0 aliphatic heterocycles. The molecule has 0 saturated heterocycles. The zero-order chi connectivity index (χ0) is 15.8. The third-order valence-corrected chi connectivity index (χ3v) is 3.32. The lowest BCUT2D eigenvalue weighted by atomic mass is 10.1. The van der Waals surface area contributed by atoms with Gasteiger partial charge in [-0.1, -0.05) is 12.1 Å². The summed E-state index contributed by atoms with van der Waals surface area (Å²) in [5, 5.41) is 6.04. The maximum Gasteiger partial charge on any atom is 0.221 e. The van der Waals surface area contributed by atoms with Crippen LogP contribution in [0.15, 0.2) is 42.7 Å². The molecule has 0 radical (unpaired) electrons. The third kappa shape index (κ3) is 5.26. The van der Waals surface area contributed by atoms with E-state index in [1.807, 2.05) is 18.2 Å². The molecule has 116 valence electrons. The highest BCUT2D eigenvalue weighted by Gasteiger charge is 2.02. The summed E-state index contributed by atoms with van der Waals surface area (Å²) >= 11 is 0. The summed E-state index contributed by atoms with van der Waals surface area (Å²) in [7, 11) is 0. The largest absolute Gasteiger partial charge is 0.352 e. The fourth-order valence-corrected chi connectivity index (χ4v) is 2.04. The van der Waals surface area contributed by atoms with Crippen molar-refractivity contribution >= 4 is 5.91 Å². The first-order valence-corrected chi connectivity index (χ1v) is 7.26. The van der Waals surface area contributed by atoms with E-state index in [0.717, 1.165) is 11.1 Å². The Bertz CT molecular complexity index is 617. The van der Waals surface area contributed by atoms with Crippen molar-refractivity contribution < 1.29 is 9.18 Å². The highest BCUT2D eigenvalue weighted by molar-refractivity contribution is 5.76. The van der Waals surface area contributed by atoms with Gasteiger partial charge in [0.2, 0.25) is 5.91 Å². The molecule has 1 amide bonds. The molecule has 2 N–H and O–H groups in total. The predicted octanol–water partition coefficient (Wildman–Crippen LogP) is 2.33. The van der Waals surface area contributed by atoms with Crippen LogP contribution in [-0.2, 0) is 17.9 Å². The van der Waals surface area contributed by atoms with Crippen LogP contribution in [0.2, 0.25) is 0 Å². The van der Waals surface area contributed by atoms with Crippen molar-refractivity contribution in [2.24, 2.45) is 0 Å². The summed E-state index contributed by atoms with van der Waals surface area (Å²) in [6.07, 6.45) is 3.81. The quantitative estimate of drug-likeness (QED) is 0.772. The van der Waals surface area contributed by atoms with Crippen LogP contribution in [0.25, 0.3) is 0 Å². The van der Waals surface area contributed by atoms with E-state index in [9.17, 15) is 9.18 Å². The number of benzene rings is 1. The van der Waals surface area contributed by atoms with Gasteiger partial charge in [0.05, 0.1) is 0 Å². The number of nitrogens with zero attached hydrogens (tertiary/aromatic N) is 1. The Hall–Kier alpha value is -2.27. The number of amides is 1. The van der Waals surface area contributed by atoms with Crippen LogP contribution < -0.4 is 10.6 Å². The maximum absolute atomic E-state index is 13.1. The summed E-state index contributed by atoms with van der Waals surface area (Å²) in [5.41, 5.74) is 2.67. The number of pyridine rings is 1. The molecule has 22 heavy (non-hydrogen) atoms. The Morgan fingerprint density at radius 3 is 2.64 bits per heavy atom. The van der Waals surface area contributed by atoms with Crippen molar-refractivity contribution in [1.29, 1.82) is 0 Å². The molecule has 1 aromatic heterocycles. The van der Waals surface area contributed by atoms with Crippen molar-refractivity contribution in [1.82, 2.24) is 15.6 Å². The smallest absolute Gasteiger partial charge is 0.221 e. The number of aryl methyl sites for hydroxylation is 1. The van der Waals surface area contributed by atoms with Gasteiger partial charge in [-0.05, 0) is 41.8 Å². The lowest BCUT2D eigenvalue weighted by Gasteiger charge is -2.07. The van der Waals surface area contributed by atoms with Crippen molar-refractivity contribution in [3.8, 4) is 0 Å². The van der Waals surface area contributed by atoms with Crippen LogP contribution in [0, 0.1) is 12.7 Å². The summed E-state index contributed by atoms with van der Waals surface area (Å²) in [4.78, 5) is 15.6. The summed E-state index contributed by atoms with van der Waals surface area (Å²) in [6, 6.07) is 8.77. The summed E-state index contributed by atoms with van der Waals surface area (Å²) in [6.45, 7) is 3.46. The van der Waals surface area contributed by atoms with Gasteiger partial charge in [0.1, 0.15) is 5.82 Å². The Morgan fingerprint density at radius 2 is 1.91 bits per heavy atom. The second kappa shape index (κ2) is 8.24. The average molecular weight is 301 g/mol. The molecule has 5 heteroatoms. The predicted molar refractivity (Wildman–Crippen MR) is 83.5 cm³/mol. The molecule has 0 saturated carbocycles. The number of rotatable bonds is 7. The summed E-state index contributed by atoms with van der Waals surface area (Å²) < 4.78 is 13.1. The minimum atomic E-state index is -0.195. The minimum Gasteiger partial charge on any atom is -0.352 e. The van der Waals surface area contributed by atoms with Gasteiger partial charge in [-0.2, -0.15) is 0 Å². The number of hydrogen-bond donors (Lipinski definition) is 2. The van der Waals surface area contributed by atoms with Gasteiger partial charge in [0.15, 0.2) is 0 Å². The Balaban J connectivity index is 1.63. The number of carbonyl (C=O) groups excluding carboxylic acids is 1. The lowest BCUT2D eigenvalue weighted by Crippen LogP contribution is -2.27. The average Bonchev–Trinajstić information content (AvgIpc) is 2.54. The molecule has 0 atom stereocenters. The number of hydrogen-bond acceptors (Lipinski definition) is 3. The molecule has 0 spiro atoms. The maximum atomic E-state index is 13.1. The van der Waals surface area contributed by atoms with Gasteiger partial charge in [-0.15, -0.1) is 0 Å². The van der Waals surface area contributed by atoms with E-state index in [-0.39, 0.29) is 11.7 Å². The van der Waals surface area contributed by atoms with E-state index in [1.165, 1.54) is 6.07 Å². The van der Waals surface area contributed by atoms with Gasteiger partial charge >= 0.3 is 0 Å². The number of halogens is 1. The fraction of sp³-hybridized carbons (Fsp3) is 0.294. The normalized spacial score (nSPS) is 10.5. The molecule has 2 aromatic rings. The van der Waals surface area contributed by atoms with Gasteiger partial charge in [-0.25, -0.2) is 4.39 Å². The van der Waals surface area contributed by atoms with E-state index in [0.29, 0.717) is 31.6 Å². The van der Waals surface area contributed by atoms with Crippen LogP contribution >= 0.6 is 0 Å². The van der Waals surface area contributed by atoms with Crippen molar-refractivity contribution in [2.45, 2.75) is 26.4 Å². The third-order valence-electron chi connectivity index (χ3n) is 3.32. The van der Waals surface area contributed by atoms with Crippen LogP contribution in [-0.4, -0.2) is 17.4 Å². The van der Waals surface area contributed by atoms with E-state index in [4.69, 9.17) is 0 Å². The van der Waals surface area contributed by atoms with Crippen LogP contribution in [0.3, 0.4) is 0 Å². The Morgan fingerprint density at radius 1 is 1.14 bits per heavy atom. The first-order chi connectivity index (χ1) is 10.6. The molecule has 1 aromatic carbocycles. The molecular formula is C17H20FN3O. The number of nitrogens with one attached hydrogen (secondary N) is 2. The van der Waals surface area contributed by atoms with E-state index in [2.05, 4.69) is 15.6 Å². The SMILES string of the molecule is Cc1cc(CNCCC(=O)NCc2ccncc2)ccc1F. The Kier molecular flexibility index (Phi) is 6.03. The lowest BCUT2D eigenvalue weighted by molar-refractivity contribution is -0.121. The number of aromatic nitrogens is 1. The van der Waals surface area contributed by atoms with Crippen LogP contribution in [0.1, 0.15) is 23.1 Å². The van der Waals surface area contributed by atoms with Gasteiger partial charge in [0.25, 0.3) is 0 Å². The fourth-order valence-electron chi connectivity index (χ4n) is 2.04. The van der Waals surface area contributed by atoms with E-state index in [1.54, 1.807) is 25.4 Å². The molecule has 1 heterocycles. The van der Waals surface area contributed by atoms with Gasteiger partial charge in [0, 0.05) is 38.4 Å². The Labute approximate surface area is 129 Å². The second-order valence-corrected chi connectivity index (χ2v) is 5.14. The molecule has 0 fully saturated rings. The summed E-state index contributed by atoms with van der Waals surface area (Å²) in [5.74, 6) is -0.196. The molecule has 0 aliphatic carbocycles. The molecule has 0 unspecified atom stereocenters. The van der Waals surface area contributed by atoms with Crippen molar-refractivity contribution in [3.63, 3.8) is 0 Å². The van der Waals surface area contributed by atoms with Crippen molar-refractivity contribution in [3.05, 3.63) is 65.2 Å². The van der Waals surface area contributed by atoms with E-state index < -0.39 is 0 Å². The highest BCUT2D eigenvalue weighted by atomic mass is 19.1. The zero-order valence-corrected chi connectivity index (χ0v) is 12.6. The minimum absolute atomic E-state index is 0.000371. The van der Waals surface area contributed by atoms with Gasteiger partial charge < -0.3 is 10.6 Å². The molecule has 0 aliphatic rings. The van der Waals surface area contributed by atoms with Crippen molar-refractivity contribution in [2.75, 3.05) is 6.54 Å². The zero-order valence-electron chi connectivity index (χ0n) is 12.6. The first kappa shape index (κ1) is 16.1. The van der Waals surface area contributed by atoms with Gasteiger partial charge in [-0.3, -0.25) is 9.78 Å². The molecule has 0 bridgehead atoms. The molecular weight excluding hydrogens is 281 g/mol. The highest BCUT2D eigenvalue weighted by Crippen LogP contribution is 2.08. The topological polar surface area (TPSA) is 54.0 Å². The first-order valence-electron chi connectivity index (χ1n) is 7.26.